The van der Waals surface area contributed by atoms with Crippen molar-refractivity contribution < 1.29 is 4.39 Å². The number of nitrogens with one attached hydrogen (secondary N) is 2. The van der Waals surface area contributed by atoms with Gasteiger partial charge in [0, 0.05) is 24.3 Å². The molecule has 136 valence electrons. The van der Waals surface area contributed by atoms with E-state index in [-0.39, 0.29) is 29.8 Å². The summed E-state index contributed by atoms with van der Waals surface area (Å²) in [7, 11) is 1.73. The second-order valence-corrected chi connectivity index (χ2v) is 6.37. The van der Waals surface area contributed by atoms with Crippen LogP contribution in [-0.2, 0) is 13.0 Å². The van der Waals surface area contributed by atoms with E-state index in [4.69, 9.17) is 0 Å². The van der Waals surface area contributed by atoms with Crippen LogP contribution in [0.3, 0.4) is 0 Å². The van der Waals surface area contributed by atoms with Crippen molar-refractivity contribution in [3.8, 4) is 0 Å². The Morgan fingerprint density at radius 2 is 2.08 bits per heavy atom. The fraction of sp³-hybridized carbons (Fsp3) is 0.333. The summed E-state index contributed by atoms with van der Waals surface area (Å²) in [6, 6.07) is 9.14. The molecule has 0 amide bonds. The van der Waals surface area contributed by atoms with E-state index in [9.17, 15) is 4.39 Å². The molecule has 0 aliphatic rings. The van der Waals surface area contributed by atoms with E-state index >= 15 is 0 Å². The lowest BCUT2D eigenvalue weighted by Crippen LogP contribution is -2.37. The summed E-state index contributed by atoms with van der Waals surface area (Å²) in [5, 5.41) is 6.48. The predicted molar refractivity (Wildman–Crippen MR) is 115 cm³/mol. The van der Waals surface area contributed by atoms with Gasteiger partial charge in [-0.3, -0.25) is 9.98 Å². The normalized spacial score (nSPS) is 11.0. The van der Waals surface area contributed by atoms with Gasteiger partial charge in [-0.25, -0.2) is 4.39 Å². The summed E-state index contributed by atoms with van der Waals surface area (Å²) < 4.78 is 14.5. The van der Waals surface area contributed by atoms with Crippen LogP contribution < -0.4 is 10.6 Å². The highest BCUT2D eigenvalue weighted by atomic mass is 127. The Hall–Kier alpha value is -1.22. The van der Waals surface area contributed by atoms with Gasteiger partial charge in [-0.1, -0.05) is 28.1 Å². The molecule has 0 unspecified atom stereocenters. The van der Waals surface area contributed by atoms with E-state index in [0.29, 0.717) is 13.0 Å². The molecular weight excluding hydrogens is 498 g/mol. The zero-order valence-electron chi connectivity index (χ0n) is 14.4. The van der Waals surface area contributed by atoms with E-state index in [1.54, 1.807) is 13.2 Å². The van der Waals surface area contributed by atoms with Crippen molar-refractivity contribution in [2.24, 2.45) is 4.99 Å². The van der Waals surface area contributed by atoms with Crippen molar-refractivity contribution in [3.05, 3.63) is 63.6 Å². The van der Waals surface area contributed by atoms with Gasteiger partial charge in [-0.15, -0.1) is 24.0 Å². The fourth-order valence-corrected chi connectivity index (χ4v) is 2.63. The largest absolute Gasteiger partial charge is 0.356 e. The average molecular weight is 521 g/mol. The number of aromatic nitrogens is 1. The zero-order chi connectivity index (χ0) is 17.4. The number of guanidine groups is 1. The first-order chi connectivity index (χ1) is 11.6. The molecule has 2 N–H and O–H groups in total. The summed E-state index contributed by atoms with van der Waals surface area (Å²) in [6.07, 6.45) is 3.29. The third-order valence-corrected chi connectivity index (χ3v) is 4.19. The number of aliphatic imine (C=N–C) groups is 1. The van der Waals surface area contributed by atoms with Gasteiger partial charge in [-0.05, 0) is 49.1 Å². The third-order valence-electron chi connectivity index (χ3n) is 3.70. The number of aryl methyl sites for hydroxylation is 2. The minimum atomic E-state index is -0.169. The zero-order valence-corrected chi connectivity index (χ0v) is 18.3. The Balaban J connectivity index is 0.00000312. The Labute approximate surface area is 173 Å². The Bertz CT molecular complexity index is 709. The van der Waals surface area contributed by atoms with Crippen molar-refractivity contribution in [1.82, 2.24) is 15.6 Å². The first-order valence-corrected chi connectivity index (χ1v) is 8.68. The number of pyridine rings is 1. The summed E-state index contributed by atoms with van der Waals surface area (Å²) in [4.78, 5) is 8.54. The molecule has 0 aliphatic carbocycles. The van der Waals surface area contributed by atoms with Crippen LogP contribution in [0.4, 0.5) is 4.39 Å². The van der Waals surface area contributed by atoms with Gasteiger partial charge in [0.25, 0.3) is 0 Å². The van der Waals surface area contributed by atoms with Gasteiger partial charge in [0.05, 0.1) is 12.2 Å². The van der Waals surface area contributed by atoms with Crippen LogP contribution >= 0.6 is 39.9 Å². The lowest BCUT2D eigenvalue weighted by molar-refractivity contribution is 0.601. The van der Waals surface area contributed by atoms with Gasteiger partial charge >= 0.3 is 0 Å². The standard InChI is InChI=1S/C18H22BrFN4.HI/c1-13-5-3-9-22-17(13)12-24-18(21-2)23-10-4-6-14-7-8-15(19)11-16(14)20;/h3,5,7-9,11H,4,6,10,12H2,1-2H3,(H2,21,23,24);1H. The summed E-state index contributed by atoms with van der Waals surface area (Å²) in [5.41, 5.74) is 2.87. The first-order valence-electron chi connectivity index (χ1n) is 7.89. The number of hydrogen-bond donors (Lipinski definition) is 2. The molecule has 0 aliphatic heterocycles. The molecule has 0 fully saturated rings. The molecule has 7 heteroatoms. The van der Waals surface area contributed by atoms with E-state index in [1.165, 1.54) is 6.07 Å². The van der Waals surface area contributed by atoms with E-state index < -0.39 is 0 Å². The maximum Gasteiger partial charge on any atom is 0.191 e. The van der Waals surface area contributed by atoms with Crippen LogP contribution in [0.15, 0.2) is 46.0 Å². The number of rotatable bonds is 6. The van der Waals surface area contributed by atoms with Gasteiger partial charge in [-0.2, -0.15) is 0 Å². The molecule has 0 saturated heterocycles. The molecule has 0 bridgehead atoms. The number of nitrogens with zero attached hydrogens (tertiary/aromatic N) is 2. The molecular formula is C18H23BrFIN4. The lowest BCUT2D eigenvalue weighted by Gasteiger charge is -2.12. The van der Waals surface area contributed by atoms with Gasteiger partial charge in [0.2, 0.25) is 0 Å². The fourth-order valence-electron chi connectivity index (χ4n) is 2.30. The molecule has 0 spiro atoms. The van der Waals surface area contributed by atoms with Crippen molar-refractivity contribution in [2.45, 2.75) is 26.3 Å². The lowest BCUT2D eigenvalue weighted by atomic mass is 10.1. The SMILES string of the molecule is CN=C(NCCCc1ccc(Br)cc1F)NCc1ncccc1C.I. The molecule has 2 aromatic rings. The highest BCUT2D eigenvalue weighted by molar-refractivity contribution is 14.0. The minimum absolute atomic E-state index is 0. The molecule has 0 radical (unpaired) electrons. The molecule has 25 heavy (non-hydrogen) atoms. The van der Waals surface area contributed by atoms with Gasteiger partial charge in [0.15, 0.2) is 5.96 Å². The van der Waals surface area contributed by atoms with Crippen LogP contribution in [-0.4, -0.2) is 24.5 Å². The van der Waals surface area contributed by atoms with Crippen LogP contribution in [0.5, 0.6) is 0 Å². The van der Waals surface area contributed by atoms with Crippen molar-refractivity contribution in [2.75, 3.05) is 13.6 Å². The second-order valence-electron chi connectivity index (χ2n) is 5.46. The summed E-state index contributed by atoms with van der Waals surface area (Å²) >= 11 is 3.27. The summed E-state index contributed by atoms with van der Waals surface area (Å²) in [6.45, 7) is 3.37. The monoisotopic (exact) mass is 520 g/mol. The Morgan fingerprint density at radius 1 is 1.28 bits per heavy atom. The summed E-state index contributed by atoms with van der Waals surface area (Å²) in [5.74, 6) is 0.550. The van der Waals surface area contributed by atoms with E-state index in [2.05, 4.69) is 36.5 Å². The van der Waals surface area contributed by atoms with E-state index in [0.717, 1.165) is 40.2 Å². The smallest absolute Gasteiger partial charge is 0.191 e. The van der Waals surface area contributed by atoms with Crippen molar-refractivity contribution in [3.63, 3.8) is 0 Å². The molecule has 1 aromatic heterocycles. The predicted octanol–water partition coefficient (Wildman–Crippen LogP) is 4.21. The van der Waals surface area contributed by atoms with E-state index in [1.807, 2.05) is 31.2 Å². The van der Waals surface area contributed by atoms with Crippen LogP contribution in [0.1, 0.15) is 23.2 Å². The van der Waals surface area contributed by atoms with Crippen molar-refractivity contribution >= 4 is 45.9 Å². The molecule has 4 nitrogen and oxygen atoms in total. The topological polar surface area (TPSA) is 49.3 Å². The first kappa shape index (κ1) is 21.8. The number of benzene rings is 1. The van der Waals surface area contributed by atoms with Crippen LogP contribution in [0, 0.1) is 12.7 Å². The van der Waals surface area contributed by atoms with Crippen molar-refractivity contribution in [1.29, 1.82) is 0 Å². The van der Waals surface area contributed by atoms with Gasteiger partial charge in [0.1, 0.15) is 5.82 Å². The molecule has 1 heterocycles. The molecule has 2 rings (SSSR count). The number of halogens is 3. The minimum Gasteiger partial charge on any atom is -0.356 e. The molecule has 0 atom stereocenters. The highest BCUT2D eigenvalue weighted by Gasteiger charge is 2.04. The molecule has 1 aromatic carbocycles. The Morgan fingerprint density at radius 3 is 2.76 bits per heavy atom. The van der Waals surface area contributed by atoms with Crippen LogP contribution in [0.2, 0.25) is 0 Å². The quantitative estimate of drug-likeness (QED) is 0.260. The molecule has 0 saturated carbocycles. The van der Waals surface area contributed by atoms with Crippen LogP contribution in [0.25, 0.3) is 0 Å². The number of hydrogen-bond acceptors (Lipinski definition) is 2. The van der Waals surface area contributed by atoms with Gasteiger partial charge < -0.3 is 10.6 Å². The average Bonchev–Trinajstić information content (AvgIpc) is 2.57. The third kappa shape index (κ3) is 7.27. The second kappa shape index (κ2) is 11.4. The maximum absolute atomic E-state index is 13.8. The Kier molecular flexibility index (Phi) is 9.96. The highest BCUT2D eigenvalue weighted by Crippen LogP contribution is 2.16. The maximum atomic E-state index is 13.8.